The first-order chi connectivity index (χ1) is 6.61. The minimum Gasteiger partial charge on any atom is -0.478 e. The number of nitrogens with one attached hydrogen (secondary N) is 1. The number of carboxylic acid groups (broad SMARTS) is 1. The van der Waals surface area contributed by atoms with Crippen LogP contribution in [0.3, 0.4) is 0 Å². The molecule has 0 radical (unpaired) electrons. The van der Waals surface area contributed by atoms with Crippen LogP contribution in [0.15, 0.2) is 12.1 Å². The zero-order valence-electron chi connectivity index (χ0n) is 7.34. The van der Waals surface area contributed by atoms with Gasteiger partial charge >= 0.3 is 5.97 Å². The fraction of sp³-hybridized carbons (Fsp3) is 0.111. The number of aromatic amines is 1. The van der Waals surface area contributed by atoms with Crippen LogP contribution in [0.1, 0.15) is 16.1 Å². The number of carboxylic acids is 1. The van der Waals surface area contributed by atoms with E-state index in [0.717, 1.165) is 5.69 Å². The molecule has 0 unspecified atom stereocenters. The summed E-state index contributed by atoms with van der Waals surface area (Å²) in [6.45, 7) is 1.75. The van der Waals surface area contributed by atoms with Crippen molar-refractivity contribution in [1.82, 2.24) is 10.2 Å². The Morgan fingerprint density at radius 1 is 1.57 bits per heavy atom. The molecule has 0 aliphatic rings. The topological polar surface area (TPSA) is 66.0 Å². The van der Waals surface area contributed by atoms with E-state index in [4.69, 9.17) is 5.11 Å². The highest BCUT2D eigenvalue weighted by molar-refractivity contribution is 5.94. The first-order valence-electron chi connectivity index (χ1n) is 3.97. The largest absolute Gasteiger partial charge is 0.478 e. The van der Waals surface area contributed by atoms with Gasteiger partial charge in [-0.05, 0) is 19.1 Å². The summed E-state index contributed by atoms with van der Waals surface area (Å²) in [6.07, 6.45) is 0. The predicted molar refractivity (Wildman–Crippen MR) is 47.7 cm³/mol. The maximum Gasteiger partial charge on any atom is 0.338 e. The highest BCUT2D eigenvalue weighted by Crippen LogP contribution is 2.21. The molecule has 5 heteroatoms. The van der Waals surface area contributed by atoms with Crippen LogP contribution in [-0.4, -0.2) is 21.3 Å². The van der Waals surface area contributed by atoms with E-state index in [2.05, 4.69) is 10.2 Å². The van der Waals surface area contributed by atoms with E-state index >= 15 is 0 Å². The zero-order chi connectivity index (χ0) is 10.3. The third kappa shape index (κ3) is 1.06. The minimum atomic E-state index is -1.29. The van der Waals surface area contributed by atoms with E-state index in [9.17, 15) is 9.18 Å². The minimum absolute atomic E-state index is 0.0717. The van der Waals surface area contributed by atoms with E-state index in [1.54, 1.807) is 13.0 Å². The van der Waals surface area contributed by atoms with Gasteiger partial charge < -0.3 is 5.11 Å². The molecule has 0 spiro atoms. The number of H-pyrrole nitrogens is 1. The van der Waals surface area contributed by atoms with Crippen molar-refractivity contribution in [2.24, 2.45) is 0 Å². The second-order valence-corrected chi connectivity index (χ2v) is 2.98. The molecule has 0 atom stereocenters. The van der Waals surface area contributed by atoms with Crippen LogP contribution in [0.4, 0.5) is 4.39 Å². The molecule has 72 valence electrons. The Labute approximate surface area is 78.4 Å². The van der Waals surface area contributed by atoms with Gasteiger partial charge in [0.2, 0.25) is 0 Å². The van der Waals surface area contributed by atoms with Crippen molar-refractivity contribution in [3.8, 4) is 0 Å². The number of nitrogens with zero attached hydrogens (tertiary/aromatic N) is 1. The lowest BCUT2D eigenvalue weighted by atomic mass is 10.1. The third-order valence-corrected chi connectivity index (χ3v) is 2.09. The fourth-order valence-corrected chi connectivity index (χ4v) is 1.34. The maximum absolute atomic E-state index is 13.5. The molecule has 1 heterocycles. The SMILES string of the molecule is Cc1[nH]nc2c(F)c(C(=O)O)ccc12. The van der Waals surface area contributed by atoms with E-state index in [1.165, 1.54) is 6.07 Å². The molecule has 1 aromatic carbocycles. The molecule has 0 aliphatic carbocycles. The Morgan fingerprint density at radius 3 is 2.93 bits per heavy atom. The normalized spacial score (nSPS) is 10.7. The van der Waals surface area contributed by atoms with Crippen LogP contribution in [0.25, 0.3) is 10.9 Å². The Balaban J connectivity index is 2.82. The summed E-state index contributed by atoms with van der Waals surface area (Å²) in [5, 5.41) is 15.6. The number of aromatic nitrogens is 2. The van der Waals surface area contributed by atoms with Gasteiger partial charge in [-0.15, -0.1) is 0 Å². The summed E-state index contributed by atoms with van der Waals surface area (Å²) in [5.41, 5.74) is 0.433. The molecule has 0 amide bonds. The van der Waals surface area contributed by atoms with Crippen LogP contribution in [-0.2, 0) is 0 Å². The molecule has 2 rings (SSSR count). The summed E-state index contributed by atoms with van der Waals surface area (Å²) in [5.74, 6) is -2.08. The van der Waals surface area contributed by atoms with Crippen molar-refractivity contribution in [2.75, 3.05) is 0 Å². The monoisotopic (exact) mass is 194 g/mol. The molecule has 2 N–H and O–H groups in total. The Hall–Kier alpha value is -1.91. The van der Waals surface area contributed by atoms with Crippen LogP contribution in [0.2, 0.25) is 0 Å². The van der Waals surface area contributed by atoms with Crippen LogP contribution >= 0.6 is 0 Å². The van der Waals surface area contributed by atoms with Gasteiger partial charge in [0.25, 0.3) is 0 Å². The van der Waals surface area contributed by atoms with E-state index in [-0.39, 0.29) is 11.1 Å². The molecule has 0 aliphatic heterocycles. The smallest absolute Gasteiger partial charge is 0.338 e. The maximum atomic E-state index is 13.5. The lowest BCUT2D eigenvalue weighted by Crippen LogP contribution is -2.00. The van der Waals surface area contributed by atoms with E-state index in [1.807, 2.05) is 0 Å². The number of hydrogen-bond donors (Lipinski definition) is 2. The Bertz CT molecular complexity index is 519. The number of aryl methyl sites for hydroxylation is 1. The van der Waals surface area contributed by atoms with Gasteiger partial charge in [0, 0.05) is 11.1 Å². The lowest BCUT2D eigenvalue weighted by Gasteiger charge is -1.97. The first-order valence-corrected chi connectivity index (χ1v) is 3.97. The molecular weight excluding hydrogens is 187 g/mol. The van der Waals surface area contributed by atoms with Crippen LogP contribution < -0.4 is 0 Å². The Kier molecular flexibility index (Phi) is 1.73. The molecule has 0 saturated heterocycles. The molecule has 2 aromatic rings. The zero-order valence-corrected chi connectivity index (χ0v) is 7.34. The van der Waals surface area contributed by atoms with E-state index < -0.39 is 11.8 Å². The molecule has 0 saturated carbocycles. The molecule has 4 nitrogen and oxygen atoms in total. The second-order valence-electron chi connectivity index (χ2n) is 2.98. The number of rotatable bonds is 1. The average Bonchev–Trinajstić information content (AvgIpc) is 2.49. The molecule has 1 aromatic heterocycles. The molecule has 0 fully saturated rings. The number of hydrogen-bond acceptors (Lipinski definition) is 2. The lowest BCUT2D eigenvalue weighted by molar-refractivity contribution is 0.0692. The molecule has 14 heavy (non-hydrogen) atoms. The highest BCUT2D eigenvalue weighted by atomic mass is 19.1. The summed E-state index contributed by atoms with van der Waals surface area (Å²) < 4.78 is 13.5. The standard InChI is InChI=1S/C9H7FN2O2/c1-4-5-2-3-6(9(13)14)7(10)8(5)12-11-4/h2-3H,1H3,(H,11,12)(H,13,14). The summed E-state index contributed by atoms with van der Waals surface area (Å²) >= 11 is 0. The van der Waals surface area contributed by atoms with Gasteiger partial charge in [0.1, 0.15) is 5.52 Å². The van der Waals surface area contributed by atoms with Gasteiger partial charge in [-0.3, -0.25) is 5.10 Å². The number of halogens is 1. The summed E-state index contributed by atoms with van der Waals surface area (Å²) in [4.78, 5) is 10.6. The van der Waals surface area contributed by atoms with Gasteiger partial charge in [0.15, 0.2) is 5.82 Å². The van der Waals surface area contributed by atoms with E-state index in [0.29, 0.717) is 5.39 Å². The van der Waals surface area contributed by atoms with Crippen molar-refractivity contribution < 1.29 is 14.3 Å². The first kappa shape index (κ1) is 8.68. The Morgan fingerprint density at radius 2 is 2.29 bits per heavy atom. The van der Waals surface area contributed by atoms with Crippen molar-refractivity contribution in [3.63, 3.8) is 0 Å². The molecule has 0 bridgehead atoms. The van der Waals surface area contributed by atoms with Crippen molar-refractivity contribution in [1.29, 1.82) is 0 Å². The van der Waals surface area contributed by atoms with Gasteiger partial charge in [0.05, 0.1) is 5.56 Å². The number of fused-ring (bicyclic) bond motifs is 1. The van der Waals surface area contributed by atoms with Gasteiger partial charge in [-0.2, -0.15) is 5.10 Å². The summed E-state index contributed by atoms with van der Waals surface area (Å²) in [7, 11) is 0. The van der Waals surface area contributed by atoms with Crippen molar-refractivity contribution in [3.05, 3.63) is 29.2 Å². The van der Waals surface area contributed by atoms with Crippen molar-refractivity contribution >= 4 is 16.9 Å². The average molecular weight is 194 g/mol. The second kappa shape index (κ2) is 2.80. The van der Waals surface area contributed by atoms with Gasteiger partial charge in [-0.1, -0.05) is 0 Å². The third-order valence-electron chi connectivity index (χ3n) is 2.09. The highest BCUT2D eigenvalue weighted by Gasteiger charge is 2.15. The molecular formula is C9H7FN2O2. The predicted octanol–water partition coefficient (Wildman–Crippen LogP) is 1.71. The van der Waals surface area contributed by atoms with Crippen molar-refractivity contribution in [2.45, 2.75) is 6.92 Å². The number of carbonyl (C=O) groups is 1. The fourth-order valence-electron chi connectivity index (χ4n) is 1.34. The number of aromatic carboxylic acids is 1. The van der Waals surface area contributed by atoms with Crippen LogP contribution in [0.5, 0.6) is 0 Å². The quantitative estimate of drug-likeness (QED) is 0.726. The van der Waals surface area contributed by atoms with Gasteiger partial charge in [-0.25, -0.2) is 9.18 Å². The summed E-state index contributed by atoms with van der Waals surface area (Å²) in [6, 6.07) is 2.78. The van der Waals surface area contributed by atoms with Crippen LogP contribution in [0, 0.1) is 12.7 Å². The number of benzene rings is 1.